The van der Waals surface area contributed by atoms with Crippen molar-refractivity contribution < 1.29 is 14.3 Å². The number of carbonyl (C=O) groups is 1. The van der Waals surface area contributed by atoms with Crippen molar-refractivity contribution in [3.8, 4) is 10.6 Å². The van der Waals surface area contributed by atoms with Crippen LogP contribution in [0.1, 0.15) is 16.9 Å². The van der Waals surface area contributed by atoms with Gasteiger partial charge in [0.2, 0.25) is 0 Å². The second-order valence-electron chi connectivity index (χ2n) is 3.33. The molecular weight excluding hydrogens is 245 g/mol. The van der Waals surface area contributed by atoms with Gasteiger partial charge in [0.15, 0.2) is 5.69 Å². The molecule has 2 aromatic rings. The molecule has 7 heteroatoms. The van der Waals surface area contributed by atoms with Crippen LogP contribution in [0.5, 0.6) is 0 Å². The fourth-order valence-electron chi connectivity index (χ4n) is 1.48. The summed E-state index contributed by atoms with van der Waals surface area (Å²) in [5.74, 6) is -1.13. The number of thiophene rings is 1. The molecule has 2 aromatic heterocycles. The van der Waals surface area contributed by atoms with Gasteiger partial charge in [0, 0.05) is 6.54 Å². The molecule has 1 N–H and O–H groups in total. The first-order valence-electron chi connectivity index (χ1n) is 5.00. The summed E-state index contributed by atoms with van der Waals surface area (Å²) in [4.78, 5) is 11.8. The fourth-order valence-corrected chi connectivity index (χ4v) is 2.25. The van der Waals surface area contributed by atoms with Gasteiger partial charge in [-0.25, -0.2) is 9.48 Å². The Kier molecular flexibility index (Phi) is 3.48. The molecule has 5 nitrogen and oxygen atoms in total. The normalized spacial score (nSPS) is 10.6. The molecular formula is C10H10FN3O2S. The maximum absolute atomic E-state index is 12.1. The minimum Gasteiger partial charge on any atom is -0.476 e. The van der Waals surface area contributed by atoms with Gasteiger partial charge >= 0.3 is 5.97 Å². The van der Waals surface area contributed by atoms with Crippen LogP contribution in [0.25, 0.3) is 10.6 Å². The van der Waals surface area contributed by atoms with E-state index in [0.717, 1.165) is 4.88 Å². The molecule has 0 bridgehead atoms. The first-order chi connectivity index (χ1) is 8.24. The van der Waals surface area contributed by atoms with Crippen LogP contribution in [0.4, 0.5) is 4.39 Å². The molecule has 0 amide bonds. The van der Waals surface area contributed by atoms with E-state index in [1.165, 1.54) is 16.0 Å². The van der Waals surface area contributed by atoms with E-state index in [1.54, 1.807) is 6.07 Å². The summed E-state index contributed by atoms with van der Waals surface area (Å²) in [6, 6.07) is 3.61. The number of rotatable bonds is 5. The number of carboxylic acid groups (broad SMARTS) is 1. The van der Waals surface area contributed by atoms with Gasteiger partial charge in [-0.1, -0.05) is 11.3 Å². The number of alkyl halides is 1. The molecule has 0 spiro atoms. The lowest BCUT2D eigenvalue weighted by Gasteiger charge is -2.03. The molecule has 0 aliphatic rings. The third-order valence-corrected chi connectivity index (χ3v) is 3.07. The molecule has 2 rings (SSSR count). The maximum Gasteiger partial charge on any atom is 0.358 e. The van der Waals surface area contributed by atoms with E-state index in [-0.39, 0.29) is 5.69 Å². The average molecular weight is 255 g/mol. The number of aromatic nitrogens is 3. The van der Waals surface area contributed by atoms with Crippen LogP contribution in [0, 0.1) is 0 Å². The van der Waals surface area contributed by atoms with E-state index in [0.29, 0.717) is 18.7 Å². The highest BCUT2D eigenvalue weighted by Gasteiger charge is 2.20. The molecule has 0 fully saturated rings. The van der Waals surface area contributed by atoms with Crippen molar-refractivity contribution in [2.24, 2.45) is 0 Å². The first kappa shape index (κ1) is 11.7. The number of aromatic carboxylic acids is 1. The Hall–Kier alpha value is -1.76. The number of nitrogens with zero attached hydrogens (tertiary/aromatic N) is 3. The number of carboxylic acids is 1. The predicted molar refractivity (Wildman–Crippen MR) is 60.9 cm³/mol. The van der Waals surface area contributed by atoms with E-state index in [1.807, 2.05) is 11.4 Å². The lowest BCUT2D eigenvalue weighted by Crippen LogP contribution is -2.04. The van der Waals surface area contributed by atoms with E-state index in [4.69, 9.17) is 5.11 Å². The van der Waals surface area contributed by atoms with Crippen molar-refractivity contribution in [2.75, 3.05) is 6.67 Å². The SMILES string of the molecule is O=C(O)c1nnn(CCCF)c1-c1cccs1. The maximum atomic E-state index is 12.1. The minimum absolute atomic E-state index is 0.0914. The average Bonchev–Trinajstić information content (AvgIpc) is 2.94. The van der Waals surface area contributed by atoms with Crippen molar-refractivity contribution in [3.05, 3.63) is 23.2 Å². The Labute approximate surface area is 101 Å². The second-order valence-corrected chi connectivity index (χ2v) is 4.28. The van der Waals surface area contributed by atoms with E-state index in [9.17, 15) is 9.18 Å². The summed E-state index contributed by atoms with van der Waals surface area (Å²) in [7, 11) is 0. The standard InChI is InChI=1S/C10H10FN3O2S/c11-4-2-5-14-9(7-3-1-6-17-7)8(10(15)16)12-13-14/h1,3,6H,2,4-5H2,(H,15,16). The van der Waals surface area contributed by atoms with E-state index < -0.39 is 12.6 Å². The Morgan fingerprint density at radius 3 is 3.00 bits per heavy atom. The molecule has 0 unspecified atom stereocenters. The lowest BCUT2D eigenvalue weighted by atomic mass is 10.2. The van der Waals surface area contributed by atoms with Crippen molar-refractivity contribution in [1.82, 2.24) is 15.0 Å². The highest BCUT2D eigenvalue weighted by molar-refractivity contribution is 7.13. The van der Waals surface area contributed by atoms with Gasteiger partial charge in [-0.05, 0) is 17.9 Å². The van der Waals surface area contributed by atoms with Crippen LogP contribution in [0.15, 0.2) is 17.5 Å². The molecule has 0 radical (unpaired) electrons. The van der Waals surface area contributed by atoms with Crippen molar-refractivity contribution >= 4 is 17.3 Å². The van der Waals surface area contributed by atoms with Gasteiger partial charge in [-0.2, -0.15) is 0 Å². The molecule has 0 saturated carbocycles. The number of hydrogen-bond acceptors (Lipinski definition) is 4. The molecule has 0 atom stereocenters. The summed E-state index contributed by atoms with van der Waals surface area (Å²) in [5.41, 5.74) is 0.354. The van der Waals surface area contributed by atoms with Crippen LogP contribution in [-0.4, -0.2) is 32.7 Å². The lowest BCUT2D eigenvalue weighted by molar-refractivity contribution is 0.0691. The van der Waals surface area contributed by atoms with Crippen molar-refractivity contribution in [3.63, 3.8) is 0 Å². The Bertz CT molecular complexity index is 510. The molecule has 90 valence electrons. The summed E-state index contributed by atoms with van der Waals surface area (Å²) in [6.45, 7) is -0.143. The molecule has 2 heterocycles. The summed E-state index contributed by atoms with van der Waals surface area (Å²) in [6.07, 6.45) is 0.292. The number of aryl methyl sites for hydroxylation is 1. The predicted octanol–water partition coefficient (Wildman–Crippen LogP) is 2.06. The molecule has 0 aromatic carbocycles. The van der Waals surface area contributed by atoms with Gasteiger partial charge in [-0.15, -0.1) is 16.4 Å². The molecule has 17 heavy (non-hydrogen) atoms. The largest absolute Gasteiger partial charge is 0.476 e. The highest BCUT2D eigenvalue weighted by atomic mass is 32.1. The Balaban J connectivity index is 2.44. The third-order valence-electron chi connectivity index (χ3n) is 2.20. The monoisotopic (exact) mass is 255 g/mol. The van der Waals surface area contributed by atoms with Gasteiger partial charge in [0.25, 0.3) is 0 Å². The summed E-state index contributed by atoms with van der Waals surface area (Å²) >= 11 is 1.40. The van der Waals surface area contributed by atoms with Crippen molar-refractivity contribution in [1.29, 1.82) is 0 Å². The Morgan fingerprint density at radius 2 is 2.41 bits per heavy atom. The van der Waals surface area contributed by atoms with Crippen molar-refractivity contribution in [2.45, 2.75) is 13.0 Å². The number of halogens is 1. The van der Waals surface area contributed by atoms with Crippen LogP contribution in [0.2, 0.25) is 0 Å². The van der Waals surface area contributed by atoms with Gasteiger partial charge in [-0.3, -0.25) is 4.39 Å². The molecule has 0 saturated heterocycles. The van der Waals surface area contributed by atoms with Gasteiger partial charge < -0.3 is 5.11 Å². The zero-order valence-corrected chi connectivity index (χ0v) is 9.65. The zero-order chi connectivity index (χ0) is 12.3. The minimum atomic E-state index is -1.13. The smallest absolute Gasteiger partial charge is 0.358 e. The second kappa shape index (κ2) is 5.05. The topological polar surface area (TPSA) is 68.0 Å². The van der Waals surface area contributed by atoms with Crippen LogP contribution in [0.3, 0.4) is 0 Å². The zero-order valence-electron chi connectivity index (χ0n) is 8.84. The fraction of sp³-hybridized carbons (Fsp3) is 0.300. The summed E-state index contributed by atoms with van der Waals surface area (Å²) < 4.78 is 13.6. The third kappa shape index (κ3) is 2.33. The Morgan fingerprint density at radius 1 is 1.59 bits per heavy atom. The quantitative estimate of drug-likeness (QED) is 0.888. The summed E-state index contributed by atoms with van der Waals surface area (Å²) in [5, 5.41) is 18.2. The van der Waals surface area contributed by atoms with E-state index >= 15 is 0 Å². The highest BCUT2D eigenvalue weighted by Crippen LogP contribution is 2.27. The number of hydrogen-bond donors (Lipinski definition) is 1. The first-order valence-corrected chi connectivity index (χ1v) is 5.88. The van der Waals surface area contributed by atoms with Gasteiger partial charge in [0.1, 0.15) is 5.69 Å². The molecule has 0 aliphatic carbocycles. The van der Waals surface area contributed by atoms with E-state index in [2.05, 4.69) is 10.3 Å². The van der Waals surface area contributed by atoms with Crippen LogP contribution in [-0.2, 0) is 6.54 Å². The van der Waals surface area contributed by atoms with Crippen LogP contribution < -0.4 is 0 Å². The van der Waals surface area contributed by atoms with Crippen LogP contribution >= 0.6 is 11.3 Å². The van der Waals surface area contributed by atoms with Gasteiger partial charge in [0.05, 0.1) is 11.6 Å². The molecule has 0 aliphatic heterocycles.